The van der Waals surface area contributed by atoms with Gasteiger partial charge in [0.25, 0.3) is 0 Å². The SMILES string of the molecule is COc1nc(OC)c2[nH]cc(C3COCCN3)c2n1. The third-order valence-electron chi connectivity index (χ3n) is 3.17. The summed E-state index contributed by atoms with van der Waals surface area (Å²) in [6, 6.07) is 0.411. The molecule has 0 spiro atoms. The first-order valence-electron chi connectivity index (χ1n) is 6.11. The molecule has 1 saturated heterocycles. The molecular weight excluding hydrogens is 248 g/mol. The topological polar surface area (TPSA) is 81.3 Å². The number of hydrogen-bond donors (Lipinski definition) is 2. The smallest absolute Gasteiger partial charge is 0.320 e. The van der Waals surface area contributed by atoms with Crippen LogP contribution in [0.3, 0.4) is 0 Å². The lowest BCUT2D eigenvalue weighted by atomic mass is 10.1. The van der Waals surface area contributed by atoms with Crippen molar-refractivity contribution in [2.75, 3.05) is 34.0 Å². The number of fused-ring (bicyclic) bond motifs is 1. The number of ether oxygens (including phenoxy) is 3. The Balaban J connectivity index is 2.09. The summed E-state index contributed by atoms with van der Waals surface area (Å²) in [4.78, 5) is 11.7. The lowest BCUT2D eigenvalue weighted by molar-refractivity contribution is 0.0772. The van der Waals surface area contributed by atoms with Crippen LogP contribution in [-0.4, -0.2) is 48.9 Å². The van der Waals surface area contributed by atoms with Crippen LogP contribution in [0, 0.1) is 0 Å². The van der Waals surface area contributed by atoms with Gasteiger partial charge in [-0.15, -0.1) is 0 Å². The van der Waals surface area contributed by atoms with E-state index in [4.69, 9.17) is 14.2 Å². The Bertz CT molecular complexity index is 578. The van der Waals surface area contributed by atoms with Gasteiger partial charge in [0.1, 0.15) is 11.0 Å². The molecule has 0 aromatic carbocycles. The van der Waals surface area contributed by atoms with Gasteiger partial charge in [-0.3, -0.25) is 0 Å². The van der Waals surface area contributed by atoms with Crippen LogP contribution < -0.4 is 14.8 Å². The Labute approximate surface area is 110 Å². The summed E-state index contributed by atoms with van der Waals surface area (Å²) >= 11 is 0. The van der Waals surface area contributed by atoms with Crippen molar-refractivity contribution in [2.24, 2.45) is 0 Å². The second-order valence-corrected chi connectivity index (χ2v) is 4.27. The molecule has 1 unspecified atom stereocenters. The molecule has 1 atom stereocenters. The summed E-state index contributed by atoms with van der Waals surface area (Å²) in [7, 11) is 3.11. The van der Waals surface area contributed by atoms with E-state index in [0.717, 1.165) is 29.7 Å². The Hall–Kier alpha value is -1.86. The summed E-state index contributed by atoms with van der Waals surface area (Å²) in [5.41, 5.74) is 2.60. The Morgan fingerprint density at radius 2 is 2.21 bits per heavy atom. The van der Waals surface area contributed by atoms with E-state index < -0.39 is 0 Å². The van der Waals surface area contributed by atoms with Gasteiger partial charge in [-0.25, -0.2) is 0 Å². The minimum Gasteiger partial charge on any atom is -0.479 e. The molecule has 2 N–H and O–H groups in total. The quantitative estimate of drug-likeness (QED) is 0.846. The van der Waals surface area contributed by atoms with Crippen molar-refractivity contribution in [1.29, 1.82) is 0 Å². The number of methoxy groups -OCH3 is 2. The van der Waals surface area contributed by atoms with Gasteiger partial charge in [0.05, 0.1) is 33.5 Å². The van der Waals surface area contributed by atoms with Crippen molar-refractivity contribution in [2.45, 2.75) is 6.04 Å². The van der Waals surface area contributed by atoms with Crippen molar-refractivity contribution >= 4 is 11.0 Å². The maximum atomic E-state index is 5.49. The van der Waals surface area contributed by atoms with Gasteiger partial charge in [-0.2, -0.15) is 9.97 Å². The third kappa shape index (κ3) is 2.11. The van der Waals surface area contributed by atoms with Crippen LogP contribution >= 0.6 is 0 Å². The fraction of sp³-hybridized carbons (Fsp3) is 0.500. The molecule has 102 valence electrons. The Kier molecular flexibility index (Phi) is 3.22. The van der Waals surface area contributed by atoms with Crippen LogP contribution in [0.15, 0.2) is 6.20 Å². The van der Waals surface area contributed by atoms with E-state index in [2.05, 4.69) is 20.3 Å². The summed E-state index contributed by atoms with van der Waals surface area (Å²) in [5.74, 6) is 0.477. The second-order valence-electron chi connectivity index (χ2n) is 4.27. The van der Waals surface area contributed by atoms with Crippen LogP contribution in [-0.2, 0) is 4.74 Å². The van der Waals surface area contributed by atoms with Crippen LogP contribution in [0.2, 0.25) is 0 Å². The molecule has 0 saturated carbocycles. The number of nitrogens with one attached hydrogen (secondary N) is 2. The molecule has 19 heavy (non-hydrogen) atoms. The van der Waals surface area contributed by atoms with E-state index in [1.165, 1.54) is 7.11 Å². The summed E-state index contributed by atoms with van der Waals surface area (Å²) in [5, 5.41) is 3.40. The maximum absolute atomic E-state index is 5.49. The summed E-state index contributed by atoms with van der Waals surface area (Å²) in [6.07, 6.45) is 1.91. The van der Waals surface area contributed by atoms with Crippen LogP contribution in [0.4, 0.5) is 0 Å². The monoisotopic (exact) mass is 264 g/mol. The molecule has 7 nitrogen and oxygen atoms in total. The number of aromatic nitrogens is 3. The van der Waals surface area contributed by atoms with Gasteiger partial charge >= 0.3 is 6.01 Å². The number of morpholine rings is 1. The van der Waals surface area contributed by atoms with Crippen molar-refractivity contribution in [3.8, 4) is 11.9 Å². The zero-order valence-electron chi connectivity index (χ0n) is 10.9. The Morgan fingerprint density at radius 1 is 1.32 bits per heavy atom. The average molecular weight is 264 g/mol. The van der Waals surface area contributed by atoms with E-state index in [1.807, 2.05) is 6.20 Å². The van der Waals surface area contributed by atoms with Gasteiger partial charge in [0, 0.05) is 18.3 Å². The molecule has 7 heteroatoms. The largest absolute Gasteiger partial charge is 0.479 e. The van der Waals surface area contributed by atoms with E-state index in [-0.39, 0.29) is 6.04 Å². The highest BCUT2D eigenvalue weighted by Crippen LogP contribution is 2.30. The highest BCUT2D eigenvalue weighted by Gasteiger charge is 2.22. The highest BCUT2D eigenvalue weighted by molar-refractivity contribution is 5.84. The number of H-pyrrole nitrogens is 1. The molecule has 1 aliphatic heterocycles. The fourth-order valence-electron chi connectivity index (χ4n) is 2.25. The molecule has 0 bridgehead atoms. The second kappa shape index (κ2) is 5.02. The average Bonchev–Trinajstić information content (AvgIpc) is 2.90. The molecule has 1 aliphatic rings. The van der Waals surface area contributed by atoms with Crippen LogP contribution in [0.25, 0.3) is 11.0 Å². The minimum atomic E-state index is 0.117. The molecular formula is C12H16N4O3. The van der Waals surface area contributed by atoms with Crippen LogP contribution in [0.5, 0.6) is 11.9 Å². The van der Waals surface area contributed by atoms with Crippen LogP contribution in [0.1, 0.15) is 11.6 Å². The molecule has 0 aliphatic carbocycles. The molecule has 0 radical (unpaired) electrons. The first-order valence-corrected chi connectivity index (χ1v) is 6.11. The summed E-state index contributed by atoms with van der Waals surface area (Å²) < 4.78 is 15.9. The van der Waals surface area contributed by atoms with Crippen molar-refractivity contribution in [3.63, 3.8) is 0 Å². The molecule has 2 aromatic rings. The normalized spacial score (nSPS) is 19.6. The number of hydrogen-bond acceptors (Lipinski definition) is 6. The van der Waals surface area contributed by atoms with Gasteiger partial charge in [0.2, 0.25) is 5.88 Å². The van der Waals surface area contributed by atoms with Crippen molar-refractivity contribution in [1.82, 2.24) is 20.3 Å². The van der Waals surface area contributed by atoms with Gasteiger partial charge in [0.15, 0.2) is 0 Å². The number of nitrogens with zero attached hydrogens (tertiary/aromatic N) is 2. The maximum Gasteiger partial charge on any atom is 0.320 e. The zero-order chi connectivity index (χ0) is 13.2. The van der Waals surface area contributed by atoms with Gasteiger partial charge in [-0.1, -0.05) is 0 Å². The summed E-state index contributed by atoms with van der Waals surface area (Å²) in [6.45, 7) is 2.19. The first kappa shape index (κ1) is 12.2. The van der Waals surface area contributed by atoms with Gasteiger partial charge < -0.3 is 24.5 Å². The standard InChI is InChI=1S/C12H16N4O3/c1-17-11-10-9(15-12(16-11)18-2)7(5-14-10)8-6-19-4-3-13-8/h5,8,13-14H,3-4,6H2,1-2H3. The molecule has 0 amide bonds. The minimum absolute atomic E-state index is 0.117. The van der Waals surface area contributed by atoms with Gasteiger partial charge in [-0.05, 0) is 0 Å². The third-order valence-corrected chi connectivity index (χ3v) is 3.17. The first-order chi connectivity index (χ1) is 9.33. The molecule has 2 aromatic heterocycles. The van der Waals surface area contributed by atoms with Crippen molar-refractivity contribution < 1.29 is 14.2 Å². The van der Waals surface area contributed by atoms with E-state index in [9.17, 15) is 0 Å². The zero-order valence-corrected chi connectivity index (χ0v) is 10.9. The Morgan fingerprint density at radius 3 is 2.89 bits per heavy atom. The van der Waals surface area contributed by atoms with Crippen molar-refractivity contribution in [3.05, 3.63) is 11.8 Å². The molecule has 3 heterocycles. The molecule has 1 fully saturated rings. The number of aromatic amines is 1. The number of rotatable bonds is 3. The fourth-order valence-corrected chi connectivity index (χ4v) is 2.25. The van der Waals surface area contributed by atoms with E-state index in [0.29, 0.717) is 18.5 Å². The predicted molar refractivity (Wildman–Crippen MR) is 68.6 cm³/mol. The lowest BCUT2D eigenvalue weighted by Gasteiger charge is -2.23. The van der Waals surface area contributed by atoms with E-state index in [1.54, 1.807) is 7.11 Å². The van der Waals surface area contributed by atoms with E-state index >= 15 is 0 Å². The lowest BCUT2D eigenvalue weighted by Crippen LogP contribution is -2.34. The predicted octanol–water partition coefficient (Wildman–Crippen LogP) is 0.636. The highest BCUT2D eigenvalue weighted by atomic mass is 16.5. The molecule has 3 rings (SSSR count).